The standard InChI is InChI=1S/C17H28N2O/c1-4-7-10-15(6-3)19-16-11-8-9-14(13-16)17(20)18-12-5-2/h8-9,11,13,15,19H,4-7,10,12H2,1-3H3,(H,18,20). The van der Waals surface area contributed by atoms with E-state index in [2.05, 4.69) is 31.4 Å². The van der Waals surface area contributed by atoms with Crippen molar-refractivity contribution >= 4 is 11.6 Å². The maximum atomic E-state index is 11.9. The molecule has 0 aliphatic heterocycles. The second-order valence-corrected chi connectivity index (χ2v) is 5.23. The zero-order valence-electron chi connectivity index (χ0n) is 13.0. The third kappa shape index (κ3) is 5.64. The number of amides is 1. The van der Waals surface area contributed by atoms with Gasteiger partial charge in [-0.25, -0.2) is 0 Å². The van der Waals surface area contributed by atoms with Gasteiger partial charge in [-0.2, -0.15) is 0 Å². The van der Waals surface area contributed by atoms with E-state index in [1.807, 2.05) is 24.3 Å². The molecule has 0 saturated heterocycles. The van der Waals surface area contributed by atoms with Crippen LogP contribution in [-0.4, -0.2) is 18.5 Å². The summed E-state index contributed by atoms with van der Waals surface area (Å²) in [5.74, 6) is 0.0112. The van der Waals surface area contributed by atoms with Gasteiger partial charge in [-0.15, -0.1) is 0 Å². The van der Waals surface area contributed by atoms with E-state index in [9.17, 15) is 4.79 Å². The fourth-order valence-electron chi connectivity index (χ4n) is 2.16. The molecule has 20 heavy (non-hydrogen) atoms. The lowest BCUT2D eigenvalue weighted by atomic mass is 10.1. The summed E-state index contributed by atoms with van der Waals surface area (Å²) in [5, 5.41) is 6.45. The van der Waals surface area contributed by atoms with Crippen molar-refractivity contribution in [2.45, 2.75) is 58.9 Å². The highest BCUT2D eigenvalue weighted by atomic mass is 16.1. The Hall–Kier alpha value is -1.51. The van der Waals surface area contributed by atoms with E-state index in [0.29, 0.717) is 6.04 Å². The Kier molecular flexibility index (Phi) is 7.78. The summed E-state index contributed by atoms with van der Waals surface area (Å²) in [6.45, 7) is 7.19. The number of hydrogen-bond acceptors (Lipinski definition) is 2. The number of carbonyl (C=O) groups is 1. The topological polar surface area (TPSA) is 41.1 Å². The number of unbranched alkanes of at least 4 members (excludes halogenated alkanes) is 1. The zero-order valence-corrected chi connectivity index (χ0v) is 13.0. The van der Waals surface area contributed by atoms with Gasteiger partial charge in [-0.05, 0) is 37.5 Å². The van der Waals surface area contributed by atoms with Crippen LogP contribution < -0.4 is 10.6 Å². The fraction of sp³-hybridized carbons (Fsp3) is 0.588. The Balaban J connectivity index is 2.64. The van der Waals surface area contributed by atoms with Gasteiger partial charge < -0.3 is 10.6 Å². The van der Waals surface area contributed by atoms with Gasteiger partial charge >= 0.3 is 0 Å². The summed E-state index contributed by atoms with van der Waals surface area (Å²) >= 11 is 0. The van der Waals surface area contributed by atoms with Crippen molar-refractivity contribution in [2.24, 2.45) is 0 Å². The van der Waals surface area contributed by atoms with Gasteiger partial charge in [-0.3, -0.25) is 4.79 Å². The normalized spacial score (nSPS) is 11.9. The van der Waals surface area contributed by atoms with Crippen molar-refractivity contribution in [2.75, 3.05) is 11.9 Å². The molecule has 2 N–H and O–H groups in total. The van der Waals surface area contributed by atoms with Crippen molar-refractivity contribution in [1.82, 2.24) is 5.32 Å². The molecule has 0 heterocycles. The number of rotatable bonds is 9. The predicted molar refractivity (Wildman–Crippen MR) is 86.3 cm³/mol. The summed E-state index contributed by atoms with van der Waals surface area (Å²) in [7, 11) is 0. The minimum atomic E-state index is 0.0112. The van der Waals surface area contributed by atoms with Crippen LogP contribution in [-0.2, 0) is 0 Å². The van der Waals surface area contributed by atoms with Crippen molar-refractivity contribution in [1.29, 1.82) is 0 Å². The molecule has 0 aliphatic rings. The molecule has 1 aromatic carbocycles. The molecule has 0 aliphatic carbocycles. The van der Waals surface area contributed by atoms with Crippen LogP contribution in [0.1, 0.15) is 63.2 Å². The van der Waals surface area contributed by atoms with Crippen LogP contribution >= 0.6 is 0 Å². The third-order valence-electron chi connectivity index (χ3n) is 3.43. The molecule has 1 atom stereocenters. The van der Waals surface area contributed by atoms with Crippen LogP contribution in [0.5, 0.6) is 0 Å². The first-order valence-electron chi connectivity index (χ1n) is 7.86. The fourth-order valence-corrected chi connectivity index (χ4v) is 2.16. The molecule has 0 saturated carbocycles. The second kappa shape index (κ2) is 9.40. The smallest absolute Gasteiger partial charge is 0.251 e. The molecular weight excluding hydrogens is 248 g/mol. The van der Waals surface area contributed by atoms with Crippen LogP contribution in [0.25, 0.3) is 0 Å². The highest BCUT2D eigenvalue weighted by Crippen LogP contribution is 2.15. The lowest BCUT2D eigenvalue weighted by Crippen LogP contribution is -2.24. The molecule has 1 amide bonds. The third-order valence-corrected chi connectivity index (χ3v) is 3.43. The number of anilines is 1. The first-order chi connectivity index (χ1) is 9.71. The molecule has 0 spiro atoms. The number of hydrogen-bond donors (Lipinski definition) is 2. The Morgan fingerprint density at radius 3 is 2.65 bits per heavy atom. The molecule has 0 bridgehead atoms. The van der Waals surface area contributed by atoms with E-state index in [-0.39, 0.29) is 5.91 Å². The second-order valence-electron chi connectivity index (χ2n) is 5.23. The minimum absolute atomic E-state index is 0.0112. The van der Waals surface area contributed by atoms with Crippen LogP contribution in [0.4, 0.5) is 5.69 Å². The lowest BCUT2D eigenvalue weighted by molar-refractivity contribution is 0.0953. The van der Waals surface area contributed by atoms with Crippen LogP contribution in [0.3, 0.4) is 0 Å². The van der Waals surface area contributed by atoms with E-state index in [0.717, 1.165) is 30.6 Å². The first-order valence-corrected chi connectivity index (χ1v) is 7.86. The molecule has 1 aromatic rings. The van der Waals surface area contributed by atoms with Crippen molar-refractivity contribution in [3.63, 3.8) is 0 Å². The summed E-state index contributed by atoms with van der Waals surface area (Å²) in [5.41, 5.74) is 1.77. The monoisotopic (exact) mass is 276 g/mol. The molecule has 0 fully saturated rings. The maximum Gasteiger partial charge on any atom is 0.251 e. The van der Waals surface area contributed by atoms with Gasteiger partial charge in [0.2, 0.25) is 0 Å². The van der Waals surface area contributed by atoms with Crippen molar-refractivity contribution in [3.8, 4) is 0 Å². The van der Waals surface area contributed by atoms with E-state index < -0.39 is 0 Å². The van der Waals surface area contributed by atoms with Crippen LogP contribution in [0.2, 0.25) is 0 Å². The molecule has 1 rings (SSSR count). The quantitative estimate of drug-likeness (QED) is 0.709. The molecule has 1 unspecified atom stereocenters. The summed E-state index contributed by atoms with van der Waals surface area (Å²) in [6, 6.07) is 8.27. The van der Waals surface area contributed by atoms with E-state index in [1.165, 1.54) is 19.3 Å². The lowest BCUT2D eigenvalue weighted by Gasteiger charge is -2.18. The summed E-state index contributed by atoms with van der Waals surface area (Å²) in [4.78, 5) is 11.9. The van der Waals surface area contributed by atoms with Gasteiger partial charge in [0.15, 0.2) is 0 Å². The van der Waals surface area contributed by atoms with Crippen molar-refractivity contribution < 1.29 is 4.79 Å². The first kappa shape index (κ1) is 16.5. The van der Waals surface area contributed by atoms with Gasteiger partial charge in [0.05, 0.1) is 0 Å². The largest absolute Gasteiger partial charge is 0.382 e. The minimum Gasteiger partial charge on any atom is -0.382 e. The van der Waals surface area contributed by atoms with Gasteiger partial charge in [0, 0.05) is 23.8 Å². The Bertz CT molecular complexity index is 404. The molecule has 0 aromatic heterocycles. The highest BCUT2D eigenvalue weighted by Gasteiger charge is 2.08. The van der Waals surface area contributed by atoms with Gasteiger partial charge in [0.1, 0.15) is 0 Å². The van der Waals surface area contributed by atoms with Gasteiger partial charge in [-0.1, -0.05) is 39.7 Å². The average molecular weight is 276 g/mol. The number of nitrogens with one attached hydrogen (secondary N) is 2. The SMILES string of the molecule is CCCCC(CC)Nc1cccc(C(=O)NCCC)c1. The zero-order chi connectivity index (χ0) is 14.8. The Morgan fingerprint density at radius 2 is 2.00 bits per heavy atom. The number of carbonyl (C=O) groups excluding carboxylic acids is 1. The Morgan fingerprint density at radius 1 is 1.20 bits per heavy atom. The predicted octanol–water partition coefficient (Wildman–Crippen LogP) is 4.21. The molecule has 0 radical (unpaired) electrons. The van der Waals surface area contributed by atoms with E-state index in [1.54, 1.807) is 0 Å². The van der Waals surface area contributed by atoms with E-state index in [4.69, 9.17) is 0 Å². The average Bonchev–Trinajstić information content (AvgIpc) is 2.49. The van der Waals surface area contributed by atoms with E-state index >= 15 is 0 Å². The highest BCUT2D eigenvalue weighted by molar-refractivity contribution is 5.95. The Labute approximate surface area is 123 Å². The molecule has 3 heteroatoms. The van der Waals surface area contributed by atoms with Crippen molar-refractivity contribution in [3.05, 3.63) is 29.8 Å². The maximum absolute atomic E-state index is 11.9. The summed E-state index contributed by atoms with van der Waals surface area (Å²) < 4.78 is 0. The number of benzene rings is 1. The summed E-state index contributed by atoms with van der Waals surface area (Å²) in [6.07, 6.45) is 5.70. The molecule has 3 nitrogen and oxygen atoms in total. The van der Waals surface area contributed by atoms with Crippen LogP contribution in [0, 0.1) is 0 Å². The van der Waals surface area contributed by atoms with Crippen LogP contribution in [0.15, 0.2) is 24.3 Å². The molecule has 112 valence electrons. The van der Waals surface area contributed by atoms with Gasteiger partial charge in [0.25, 0.3) is 5.91 Å². The molecular formula is C17H28N2O.